The molecule has 2 atom stereocenters. The van der Waals surface area contributed by atoms with E-state index in [1.165, 1.54) is 47.3 Å². The van der Waals surface area contributed by atoms with E-state index in [-0.39, 0.29) is 5.56 Å². The first-order valence-electron chi connectivity index (χ1n) is 16.0. The highest BCUT2D eigenvalue weighted by Gasteiger charge is 2.31. The number of nitrogens with zero attached hydrogens (tertiary/aromatic N) is 1. The van der Waals surface area contributed by atoms with E-state index in [1.807, 2.05) is 45.7 Å². The number of thiophene rings is 1. The molecule has 0 N–H and O–H groups in total. The van der Waals surface area contributed by atoms with Crippen LogP contribution < -0.4 is 5.56 Å². The summed E-state index contributed by atoms with van der Waals surface area (Å²) in [7, 11) is 0. The minimum absolute atomic E-state index is 0.0394. The van der Waals surface area contributed by atoms with E-state index in [0.29, 0.717) is 11.2 Å². The molecule has 11 rings (SSSR count). The molecule has 0 radical (unpaired) electrons. The summed E-state index contributed by atoms with van der Waals surface area (Å²) in [4.78, 5) is 15.5. The third-order valence-electron chi connectivity index (χ3n) is 10.3. The molecule has 6 aromatic carbocycles. The standard InChI is InChI=1S/C43H25NOS2/c45-43-31-10-2-1-7-28(31)35-22-27(26-15-18-41-34(21-26)30-9-4-6-12-39(30)47-41)23-36-32-19-24(13-16-37(32)44(43)42(35)36)25-14-17-40-33(20-25)29-8-3-5-11-38(29)46-40/h1-23,30,39H. The van der Waals surface area contributed by atoms with Crippen LogP contribution >= 0.6 is 23.1 Å². The van der Waals surface area contributed by atoms with Crippen LogP contribution in [0, 0.1) is 0 Å². The van der Waals surface area contributed by atoms with Gasteiger partial charge in [0, 0.05) is 57.8 Å². The zero-order chi connectivity index (χ0) is 30.8. The van der Waals surface area contributed by atoms with Gasteiger partial charge in [0.2, 0.25) is 0 Å². The highest BCUT2D eigenvalue weighted by molar-refractivity contribution is 8.00. The second kappa shape index (κ2) is 9.45. The topological polar surface area (TPSA) is 21.5 Å². The number of fused-ring (bicyclic) bond motifs is 11. The highest BCUT2D eigenvalue weighted by atomic mass is 32.2. The van der Waals surface area contributed by atoms with Gasteiger partial charge in [-0.25, -0.2) is 0 Å². The van der Waals surface area contributed by atoms with Gasteiger partial charge in [-0.3, -0.25) is 9.20 Å². The summed E-state index contributed by atoms with van der Waals surface area (Å²) in [6, 6.07) is 41.8. The van der Waals surface area contributed by atoms with Gasteiger partial charge in [-0.2, -0.15) is 0 Å². The molecule has 4 heterocycles. The van der Waals surface area contributed by atoms with Crippen molar-refractivity contribution in [3.05, 3.63) is 155 Å². The molecule has 0 saturated heterocycles. The SMILES string of the molecule is O=c1c2ccccc2c2cc(-c3ccc4c(c3)C3C=CC=CC3S4)cc3c4cc(-c5ccc6sc7ccccc7c6c5)ccc4n1c23. The summed E-state index contributed by atoms with van der Waals surface area (Å²) < 4.78 is 4.57. The summed E-state index contributed by atoms with van der Waals surface area (Å²) in [5, 5.41) is 8.16. The fourth-order valence-electron chi connectivity index (χ4n) is 8.06. The minimum Gasteiger partial charge on any atom is -0.275 e. The number of hydrogen-bond donors (Lipinski definition) is 0. The molecule has 0 bridgehead atoms. The Morgan fingerprint density at radius 3 is 2.09 bits per heavy atom. The number of allylic oxidation sites excluding steroid dienone is 3. The van der Waals surface area contributed by atoms with Gasteiger partial charge in [0.15, 0.2) is 0 Å². The largest absolute Gasteiger partial charge is 0.275 e. The van der Waals surface area contributed by atoms with E-state index >= 15 is 0 Å². The summed E-state index contributed by atoms with van der Waals surface area (Å²) >= 11 is 3.81. The lowest BCUT2D eigenvalue weighted by Gasteiger charge is -2.15. The smallest absolute Gasteiger partial charge is 0.263 e. The van der Waals surface area contributed by atoms with Gasteiger partial charge in [0.05, 0.1) is 11.0 Å². The van der Waals surface area contributed by atoms with Gasteiger partial charge < -0.3 is 0 Å². The predicted octanol–water partition coefficient (Wildman–Crippen LogP) is 11.6. The summed E-state index contributed by atoms with van der Waals surface area (Å²) in [6.45, 7) is 0. The Hall–Kier alpha value is -5.16. The number of pyridine rings is 1. The Kier molecular flexibility index (Phi) is 5.22. The van der Waals surface area contributed by atoms with Crippen LogP contribution in [0.5, 0.6) is 0 Å². The van der Waals surface area contributed by atoms with Gasteiger partial charge >= 0.3 is 0 Å². The molecule has 2 aliphatic rings. The monoisotopic (exact) mass is 635 g/mol. The molecule has 0 saturated carbocycles. The van der Waals surface area contributed by atoms with E-state index < -0.39 is 0 Å². The average Bonchev–Trinajstić information content (AvgIpc) is 3.79. The molecule has 1 aliphatic heterocycles. The van der Waals surface area contributed by atoms with Crippen molar-refractivity contribution >= 4 is 81.2 Å². The predicted molar refractivity (Wildman–Crippen MR) is 202 cm³/mol. The average molecular weight is 636 g/mol. The van der Waals surface area contributed by atoms with Gasteiger partial charge in [0.25, 0.3) is 5.56 Å². The molecule has 9 aromatic rings. The van der Waals surface area contributed by atoms with Crippen molar-refractivity contribution in [2.45, 2.75) is 16.1 Å². The highest BCUT2D eigenvalue weighted by Crippen LogP contribution is 2.49. The van der Waals surface area contributed by atoms with Crippen LogP contribution in [0.25, 0.3) is 80.4 Å². The quantitative estimate of drug-likeness (QED) is 0.176. The molecule has 3 aromatic heterocycles. The van der Waals surface area contributed by atoms with Crippen molar-refractivity contribution in [1.29, 1.82) is 0 Å². The Bertz CT molecular complexity index is 2920. The van der Waals surface area contributed by atoms with Gasteiger partial charge in [-0.15, -0.1) is 23.1 Å². The zero-order valence-corrected chi connectivity index (χ0v) is 26.7. The maximum Gasteiger partial charge on any atom is 0.263 e. The first-order chi connectivity index (χ1) is 23.2. The maximum atomic E-state index is 14.1. The zero-order valence-electron chi connectivity index (χ0n) is 25.1. The summed E-state index contributed by atoms with van der Waals surface area (Å²) in [6.07, 6.45) is 9.01. The van der Waals surface area contributed by atoms with Crippen molar-refractivity contribution < 1.29 is 0 Å². The van der Waals surface area contributed by atoms with Crippen LogP contribution in [0.3, 0.4) is 0 Å². The van der Waals surface area contributed by atoms with Gasteiger partial charge in [0.1, 0.15) is 0 Å². The van der Waals surface area contributed by atoms with Gasteiger partial charge in [-0.1, -0.05) is 78.9 Å². The molecule has 2 unspecified atom stereocenters. The molecule has 0 fully saturated rings. The van der Waals surface area contributed by atoms with Crippen LogP contribution in [0.15, 0.2) is 149 Å². The number of benzene rings is 6. The van der Waals surface area contributed by atoms with E-state index in [2.05, 4.69) is 121 Å². The summed E-state index contributed by atoms with van der Waals surface area (Å²) in [5.41, 5.74) is 8.14. The molecule has 47 heavy (non-hydrogen) atoms. The molecule has 2 nitrogen and oxygen atoms in total. The normalized spacial score (nSPS) is 17.2. The Labute approximate surface area is 278 Å². The Morgan fingerprint density at radius 1 is 0.532 bits per heavy atom. The van der Waals surface area contributed by atoms with E-state index in [1.54, 1.807) is 0 Å². The molecular formula is C43H25NOS2. The lowest BCUT2D eigenvalue weighted by Crippen LogP contribution is -2.12. The molecule has 1 aliphatic carbocycles. The maximum absolute atomic E-state index is 14.1. The molecule has 220 valence electrons. The first kappa shape index (κ1) is 26.0. The van der Waals surface area contributed by atoms with Crippen molar-refractivity contribution in [2.75, 3.05) is 0 Å². The van der Waals surface area contributed by atoms with Crippen LogP contribution in [0.4, 0.5) is 0 Å². The van der Waals surface area contributed by atoms with Crippen molar-refractivity contribution in [3.8, 4) is 22.3 Å². The lowest BCUT2D eigenvalue weighted by molar-refractivity contribution is 0.881. The third-order valence-corrected chi connectivity index (χ3v) is 12.8. The van der Waals surface area contributed by atoms with E-state index in [9.17, 15) is 4.79 Å². The minimum atomic E-state index is 0.0394. The van der Waals surface area contributed by atoms with Crippen molar-refractivity contribution in [2.24, 2.45) is 0 Å². The van der Waals surface area contributed by atoms with Crippen LogP contribution in [-0.4, -0.2) is 9.65 Å². The molecule has 0 amide bonds. The van der Waals surface area contributed by atoms with E-state index in [0.717, 1.165) is 43.5 Å². The number of hydrogen-bond acceptors (Lipinski definition) is 3. The molecule has 0 spiro atoms. The van der Waals surface area contributed by atoms with Crippen molar-refractivity contribution in [3.63, 3.8) is 0 Å². The first-order valence-corrected chi connectivity index (χ1v) is 17.7. The number of thioether (sulfide) groups is 1. The Morgan fingerprint density at radius 2 is 1.19 bits per heavy atom. The Balaban J connectivity index is 1.19. The van der Waals surface area contributed by atoms with Gasteiger partial charge in [-0.05, 0) is 93.9 Å². The molecule has 4 heteroatoms. The van der Waals surface area contributed by atoms with Crippen LogP contribution in [-0.2, 0) is 0 Å². The van der Waals surface area contributed by atoms with Crippen LogP contribution in [0.1, 0.15) is 11.5 Å². The fraction of sp³-hybridized carbons (Fsp3) is 0.0465. The summed E-state index contributed by atoms with van der Waals surface area (Å²) in [5.74, 6) is 0.405. The van der Waals surface area contributed by atoms with Crippen molar-refractivity contribution in [1.82, 2.24) is 4.40 Å². The number of rotatable bonds is 2. The third kappa shape index (κ3) is 3.60. The van der Waals surface area contributed by atoms with Crippen LogP contribution in [0.2, 0.25) is 0 Å². The second-order valence-corrected chi connectivity index (χ2v) is 15.1. The molecular weight excluding hydrogens is 611 g/mol. The second-order valence-electron chi connectivity index (χ2n) is 12.8. The van der Waals surface area contributed by atoms with E-state index in [4.69, 9.17) is 0 Å². The lowest BCUT2D eigenvalue weighted by atomic mass is 9.89. The number of aromatic nitrogens is 1. The fourth-order valence-corrected chi connectivity index (χ4v) is 10.5.